The van der Waals surface area contributed by atoms with Crippen LogP contribution in [0.3, 0.4) is 0 Å². The normalized spacial score (nSPS) is 13.0. The van der Waals surface area contributed by atoms with Gasteiger partial charge in [0.05, 0.1) is 6.54 Å². The molecular weight excluding hydrogens is 361 g/mol. The van der Waals surface area contributed by atoms with Gasteiger partial charge in [-0.3, -0.25) is 4.79 Å². The topological polar surface area (TPSA) is 75.7 Å². The number of para-hydroxylation sites is 1. The summed E-state index contributed by atoms with van der Waals surface area (Å²) in [5.74, 6) is -1.41. The van der Waals surface area contributed by atoms with Crippen LogP contribution in [0.5, 0.6) is 5.75 Å². The molecule has 10 heteroatoms. The number of amides is 1. The average Bonchev–Trinajstić information content (AvgIpc) is 2.41. The van der Waals surface area contributed by atoms with E-state index in [-0.39, 0.29) is 6.54 Å². The van der Waals surface area contributed by atoms with Crippen LogP contribution in [-0.4, -0.2) is 43.6 Å². The van der Waals surface area contributed by atoms with E-state index in [1.165, 1.54) is 19.1 Å². The highest BCUT2D eigenvalue weighted by molar-refractivity contribution is 7.89. The fourth-order valence-electron chi connectivity index (χ4n) is 2.00. The lowest BCUT2D eigenvalue weighted by molar-refractivity contribution is -0.275. The van der Waals surface area contributed by atoms with Crippen LogP contribution in [-0.2, 0) is 14.8 Å². The number of benzene rings is 1. The number of rotatable bonds is 6. The molecule has 1 aromatic rings. The second-order valence-electron chi connectivity index (χ2n) is 6.22. The van der Waals surface area contributed by atoms with E-state index in [9.17, 15) is 26.4 Å². The number of carbonyl (C=O) groups is 1. The maximum absolute atomic E-state index is 12.7. The molecule has 0 fully saturated rings. The molecule has 0 saturated carbocycles. The highest BCUT2D eigenvalue weighted by Crippen LogP contribution is 2.31. The molecule has 6 nitrogen and oxygen atoms in total. The summed E-state index contributed by atoms with van der Waals surface area (Å²) in [5.41, 5.74) is -0.572. The molecular formula is C15H21F3N2O4S. The van der Waals surface area contributed by atoms with Crippen LogP contribution in [0.4, 0.5) is 13.2 Å². The number of hydrogen-bond donors (Lipinski definition) is 1. The number of ether oxygens (including phenoxy) is 1. The van der Waals surface area contributed by atoms with E-state index in [1.54, 1.807) is 20.8 Å². The SMILES string of the molecule is CCN(CC(=O)NC(C)(C)C)S(=O)(=O)c1ccccc1OC(F)(F)F. The molecule has 1 amide bonds. The summed E-state index contributed by atoms with van der Waals surface area (Å²) >= 11 is 0. The number of sulfonamides is 1. The summed E-state index contributed by atoms with van der Waals surface area (Å²) in [6.07, 6.45) is -5.04. The zero-order valence-corrected chi connectivity index (χ0v) is 15.2. The fraction of sp³-hybridized carbons (Fsp3) is 0.533. The minimum atomic E-state index is -5.04. The first-order chi connectivity index (χ1) is 11.3. The maximum atomic E-state index is 12.7. The van der Waals surface area contributed by atoms with Crippen LogP contribution in [0.2, 0.25) is 0 Å². The van der Waals surface area contributed by atoms with Crippen molar-refractivity contribution in [3.8, 4) is 5.75 Å². The van der Waals surface area contributed by atoms with E-state index >= 15 is 0 Å². The lowest BCUT2D eigenvalue weighted by Gasteiger charge is -2.25. The zero-order valence-electron chi connectivity index (χ0n) is 14.3. The quantitative estimate of drug-likeness (QED) is 0.820. The molecule has 0 atom stereocenters. The monoisotopic (exact) mass is 382 g/mol. The van der Waals surface area contributed by atoms with Crippen LogP contribution in [0, 0.1) is 0 Å². The van der Waals surface area contributed by atoms with Gasteiger partial charge in [-0.2, -0.15) is 4.31 Å². The van der Waals surface area contributed by atoms with Gasteiger partial charge in [0.1, 0.15) is 10.6 Å². The number of likely N-dealkylation sites (N-methyl/N-ethyl adjacent to an activating group) is 1. The maximum Gasteiger partial charge on any atom is 0.573 e. The van der Waals surface area contributed by atoms with Gasteiger partial charge < -0.3 is 10.1 Å². The molecule has 0 unspecified atom stereocenters. The molecule has 25 heavy (non-hydrogen) atoms. The smallest absolute Gasteiger partial charge is 0.404 e. The van der Waals surface area contributed by atoms with Crippen LogP contribution < -0.4 is 10.1 Å². The highest BCUT2D eigenvalue weighted by atomic mass is 32.2. The predicted octanol–water partition coefficient (Wildman–Crippen LogP) is 2.51. The number of nitrogens with zero attached hydrogens (tertiary/aromatic N) is 1. The molecule has 0 aliphatic carbocycles. The number of carbonyl (C=O) groups excluding carboxylic acids is 1. The largest absolute Gasteiger partial charge is 0.573 e. The van der Waals surface area contributed by atoms with Crippen molar-refractivity contribution in [3.63, 3.8) is 0 Å². The van der Waals surface area contributed by atoms with Gasteiger partial charge in [0.2, 0.25) is 15.9 Å². The third-order valence-electron chi connectivity index (χ3n) is 2.88. The molecule has 0 saturated heterocycles. The zero-order chi connectivity index (χ0) is 19.5. The van der Waals surface area contributed by atoms with Crippen molar-refractivity contribution in [1.29, 1.82) is 0 Å². The van der Waals surface area contributed by atoms with Gasteiger partial charge in [-0.1, -0.05) is 19.1 Å². The number of nitrogens with one attached hydrogen (secondary N) is 1. The Morgan fingerprint density at radius 3 is 2.24 bits per heavy atom. The van der Waals surface area contributed by atoms with Crippen LogP contribution in [0.1, 0.15) is 27.7 Å². The lowest BCUT2D eigenvalue weighted by Crippen LogP contribution is -2.47. The summed E-state index contributed by atoms with van der Waals surface area (Å²) in [4.78, 5) is 11.3. The van der Waals surface area contributed by atoms with Crippen LogP contribution in [0.15, 0.2) is 29.2 Å². The Balaban J connectivity index is 3.15. The second-order valence-corrected chi connectivity index (χ2v) is 8.13. The minimum absolute atomic E-state index is 0.0970. The van der Waals surface area contributed by atoms with E-state index in [1.807, 2.05) is 0 Å². The van der Waals surface area contributed by atoms with Gasteiger partial charge in [-0.25, -0.2) is 8.42 Å². The lowest BCUT2D eigenvalue weighted by atomic mass is 10.1. The number of hydrogen-bond acceptors (Lipinski definition) is 4. The summed E-state index contributed by atoms with van der Waals surface area (Å²) in [7, 11) is -4.36. The van der Waals surface area contributed by atoms with Gasteiger partial charge in [0.25, 0.3) is 0 Å². The molecule has 142 valence electrons. The Labute approximate surface area is 145 Å². The molecule has 0 heterocycles. The van der Waals surface area contributed by atoms with Crippen molar-refractivity contribution in [3.05, 3.63) is 24.3 Å². The summed E-state index contributed by atoms with van der Waals surface area (Å²) in [5, 5.41) is 2.60. The van der Waals surface area contributed by atoms with Crippen molar-refractivity contribution >= 4 is 15.9 Å². The molecule has 0 aliphatic heterocycles. The van der Waals surface area contributed by atoms with E-state index in [4.69, 9.17) is 0 Å². The van der Waals surface area contributed by atoms with Gasteiger partial charge in [-0.15, -0.1) is 13.2 Å². The standard InChI is InChI=1S/C15H21F3N2O4S/c1-5-20(10-13(21)19-14(2,3)4)25(22,23)12-9-7-6-8-11(12)24-15(16,17)18/h6-9H,5,10H2,1-4H3,(H,19,21). The van der Waals surface area contributed by atoms with E-state index in [0.717, 1.165) is 16.4 Å². The van der Waals surface area contributed by atoms with Crippen molar-refractivity contribution < 1.29 is 31.1 Å². The predicted molar refractivity (Wildman–Crippen MR) is 85.5 cm³/mol. The van der Waals surface area contributed by atoms with Gasteiger partial charge in [0, 0.05) is 12.1 Å². The molecule has 0 radical (unpaired) electrons. The van der Waals surface area contributed by atoms with Gasteiger partial charge in [-0.05, 0) is 32.9 Å². The summed E-state index contributed by atoms with van der Waals surface area (Å²) < 4.78 is 67.4. The Kier molecular flexibility index (Phi) is 6.46. The highest BCUT2D eigenvalue weighted by Gasteiger charge is 2.35. The summed E-state index contributed by atoms with van der Waals surface area (Å²) in [6, 6.07) is 4.41. The Morgan fingerprint density at radius 1 is 1.20 bits per heavy atom. The second kappa shape index (κ2) is 7.61. The van der Waals surface area contributed by atoms with Crippen molar-refractivity contribution in [2.75, 3.05) is 13.1 Å². The molecule has 1 rings (SSSR count). The first-order valence-electron chi connectivity index (χ1n) is 7.42. The summed E-state index contributed by atoms with van der Waals surface area (Å²) in [6.45, 7) is 6.04. The molecule has 0 bridgehead atoms. The average molecular weight is 382 g/mol. The van der Waals surface area contributed by atoms with Crippen molar-refractivity contribution in [2.24, 2.45) is 0 Å². The third-order valence-corrected chi connectivity index (χ3v) is 4.84. The number of alkyl halides is 3. The number of halogens is 3. The van der Waals surface area contributed by atoms with E-state index < -0.39 is 45.0 Å². The minimum Gasteiger partial charge on any atom is -0.404 e. The fourth-order valence-corrected chi connectivity index (χ4v) is 3.52. The van der Waals surface area contributed by atoms with Crippen LogP contribution >= 0.6 is 0 Å². The van der Waals surface area contributed by atoms with Gasteiger partial charge in [0.15, 0.2) is 0 Å². The molecule has 0 aliphatic rings. The third kappa shape index (κ3) is 6.54. The van der Waals surface area contributed by atoms with E-state index in [0.29, 0.717) is 0 Å². The molecule has 1 N–H and O–H groups in total. The van der Waals surface area contributed by atoms with E-state index in [2.05, 4.69) is 10.1 Å². The first-order valence-corrected chi connectivity index (χ1v) is 8.86. The van der Waals surface area contributed by atoms with Gasteiger partial charge >= 0.3 is 6.36 Å². The van der Waals surface area contributed by atoms with Crippen molar-refractivity contribution in [2.45, 2.75) is 44.5 Å². The Bertz CT molecular complexity index is 712. The molecule has 0 spiro atoms. The Hall–Kier alpha value is -1.81. The molecule has 0 aromatic heterocycles. The molecule has 1 aromatic carbocycles. The first kappa shape index (κ1) is 21.2. The van der Waals surface area contributed by atoms with Crippen molar-refractivity contribution in [1.82, 2.24) is 9.62 Å². The van der Waals surface area contributed by atoms with Crippen LogP contribution in [0.25, 0.3) is 0 Å². The Morgan fingerprint density at radius 2 is 1.76 bits per heavy atom.